The molecule has 25 heavy (non-hydrogen) atoms. The molecule has 0 aromatic rings. The Hall–Kier alpha value is -0.470. The molecule has 7 nitrogen and oxygen atoms in total. The van der Waals surface area contributed by atoms with Crippen LogP contribution in [0.4, 0.5) is 0 Å². The molecule has 1 rings (SSSR count). The average Bonchev–Trinajstić information content (AvgIpc) is 2.48. The molecular formula is C17H31N2NaO5. The molecule has 0 aromatic carbocycles. The first kappa shape index (κ1) is 26.8. The zero-order chi connectivity index (χ0) is 18.8. The Kier molecular flexibility index (Phi) is 14.7. The van der Waals surface area contributed by atoms with Crippen LogP contribution >= 0.6 is 0 Å². The molecule has 2 atom stereocenters. The van der Waals surface area contributed by atoms with Crippen LogP contribution < -0.4 is 40.0 Å². The maximum absolute atomic E-state index is 11.9. The van der Waals surface area contributed by atoms with Crippen LogP contribution in [0, 0.1) is 11.3 Å². The molecule has 0 saturated heterocycles. The van der Waals surface area contributed by atoms with Crippen molar-refractivity contribution in [3.8, 4) is 0 Å². The second-order valence-corrected chi connectivity index (χ2v) is 5.67. The van der Waals surface area contributed by atoms with Crippen LogP contribution in [0.5, 0.6) is 0 Å². The molecule has 0 bridgehead atoms. The van der Waals surface area contributed by atoms with Gasteiger partial charge in [-0.25, -0.2) is 4.99 Å². The number of amidine groups is 1. The zero-order valence-electron chi connectivity index (χ0n) is 16.7. The minimum Gasteiger partial charge on any atom is -0.846 e. The Bertz CT molecular complexity index is 439. The molecule has 0 spiro atoms. The molecule has 2 unspecified atom stereocenters. The van der Waals surface area contributed by atoms with Crippen LogP contribution in [-0.4, -0.2) is 37.3 Å². The van der Waals surface area contributed by atoms with Crippen LogP contribution in [-0.2, 0) is 19.1 Å². The summed E-state index contributed by atoms with van der Waals surface area (Å²) in [5, 5.41) is 13.1. The Morgan fingerprint density at radius 3 is 2.00 bits per heavy atom. The number of hydrogen-bond acceptors (Lipinski definition) is 5. The third kappa shape index (κ3) is 7.74. The summed E-state index contributed by atoms with van der Waals surface area (Å²) in [6, 6.07) is -0.845. The molecule has 0 radical (unpaired) electrons. The molecular weight excluding hydrogens is 335 g/mol. The quantitative estimate of drug-likeness (QED) is 0.324. The summed E-state index contributed by atoms with van der Waals surface area (Å²) >= 11 is 0. The van der Waals surface area contributed by atoms with Crippen molar-refractivity contribution in [1.29, 1.82) is 0 Å². The number of amides is 2. The van der Waals surface area contributed by atoms with Gasteiger partial charge in [0.1, 0.15) is 5.41 Å². The van der Waals surface area contributed by atoms with Crippen LogP contribution in [0.25, 0.3) is 0 Å². The van der Waals surface area contributed by atoms with Gasteiger partial charge in [0.15, 0.2) is 6.29 Å². The normalized spacial score (nSPS) is 20.8. The third-order valence-corrected chi connectivity index (χ3v) is 4.13. The summed E-state index contributed by atoms with van der Waals surface area (Å²) in [6.07, 6.45) is 1.98. The molecule has 140 valence electrons. The number of carbonyl (C=O) groups excluding carboxylic acids is 2. The van der Waals surface area contributed by atoms with E-state index < -0.39 is 23.3 Å². The number of nitrogens with one attached hydrogen (secondary N) is 1. The Labute approximate surface area is 173 Å². The fourth-order valence-electron chi connectivity index (χ4n) is 2.82. The van der Waals surface area contributed by atoms with Crippen LogP contribution in [0.15, 0.2) is 4.99 Å². The largest absolute Gasteiger partial charge is 1.00 e. The fourth-order valence-corrected chi connectivity index (χ4v) is 2.82. The van der Waals surface area contributed by atoms with E-state index in [1.165, 1.54) is 0 Å². The first-order chi connectivity index (χ1) is 11.3. The van der Waals surface area contributed by atoms with Gasteiger partial charge in [-0.2, -0.15) is 0 Å². The SMILES string of the molecule is CCCC(C)C1(CC)C(=O)N=C([O-])NC1=O.CCOC(C)OCC.[Na+]. The topological polar surface area (TPSA) is 100 Å². The molecule has 8 heteroatoms. The number of aliphatic imine (C=N–C) groups is 1. The van der Waals surface area contributed by atoms with Gasteiger partial charge >= 0.3 is 29.6 Å². The zero-order valence-corrected chi connectivity index (χ0v) is 18.7. The van der Waals surface area contributed by atoms with E-state index in [1.54, 1.807) is 6.92 Å². The standard InChI is InChI=1S/C11H18N2O3.C6H14O2.Na/c1-4-6-7(3)11(5-2)8(14)12-10(16)13-9(11)15;1-4-7-6(3)8-5-2;/h7H,4-6H2,1-3H3,(H2,12,13,14,15,16);6H,4-5H2,1-3H3;/q;;+1/p-1. The first-order valence-corrected chi connectivity index (χ1v) is 8.64. The Balaban J connectivity index is 0. The second-order valence-electron chi connectivity index (χ2n) is 5.67. The van der Waals surface area contributed by atoms with Gasteiger partial charge in [0.05, 0.1) is 6.02 Å². The van der Waals surface area contributed by atoms with Gasteiger partial charge in [0.25, 0.3) is 5.91 Å². The van der Waals surface area contributed by atoms with E-state index in [9.17, 15) is 14.7 Å². The van der Waals surface area contributed by atoms with Gasteiger partial charge < -0.3 is 19.9 Å². The number of carbonyl (C=O) groups is 2. The van der Waals surface area contributed by atoms with Gasteiger partial charge in [0, 0.05) is 13.2 Å². The van der Waals surface area contributed by atoms with Crippen molar-refractivity contribution in [2.75, 3.05) is 13.2 Å². The maximum atomic E-state index is 11.9. The minimum atomic E-state index is -1.15. The maximum Gasteiger partial charge on any atom is 1.00 e. The summed E-state index contributed by atoms with van der Waals surface area (Å²) in [5.41, 5.74) is -1.15. The number of rotatable bonds is 8. The molecule has 0 fully saturated rings. The summed E-state index contributed by atoms with van der Waals surface area (Å²) in [6.45, 7) is 12.9. The second kappa shape index (κ2) is 13.7. The Morgan fingerprint density at radius 2 is 1.64 bits per heavy atom. The predicted octanol–water partition coefficient (Wildman–Crippen LogP) is -1.40. The molecule has 2 amide bonds. The van der Waals surface area contributed by atoms with E-state index in [0.29, 0.717) is 6.42 Å². The number of ether oxygens (including phenoxy) is 2. The van der Waals surface area contributed by atoms with Gasteiger partial charge in [-0.05, 0) is 39.5 Å². The molecule has 1 aliphatic rings. The molecule has 0 saturated carbocycles. The molecule has 1 N–H and O–H groups in total. The van der Waals surface area contributed by atoms with Crippen molar-refractivity contribution in [3.63, 3.8) is 0 Å². The van der Waals surface area contributed by atoms with E-state index in [4.69, 9.17) is 9.47 Å². The summed E-state index contributed by atoms with van der Waals surface area (Å²) < 4.78 is 10.1. The predicted molar refractivity (Wildman–Crippen MR) is 90.1 cm³/mol. The van der Waals surface area contributed by atoms with Crippen molar-refractivity contribution in [1.82, 2.24) is 5.32 Å². The fraction of sp³-hybridized carbons (Fsp3) is 0.824. The van der Waals surface area contributed by atoms with Gasteiger partial charge in [-0.1, -0.05) is 27.2 Å². The summed E-state index contributed by atoms with van der Waals surface area (Å²) in [5.74, 6) is -1.20. The van der Waals surface area contributed by atoms with Crippen LogP contribution in [0.1, 0.15) is 60.8 Å². The van der Waals surface area contributed by atoms with Crippen molar-refractivity contribution in [2.45, 2.75) is 67.1 Å². The van der Waals surface area contributed by atoms with Gasteiger partial charge in [0.2, 0.25) is 5.91 Å². The summed E-state index contributed by atoms with van der Waals surface area (Å²) in [4.78, 5) is 27.1. The Morgan fingerprint density at radius 1 is 1.12 bits per heavy atom. The van der Waals surface area contributed by atoms with E-state index in [1.807, 2.05) is 34.6 Å². The van der Waals surface area contributed by atoms with E-state index in [-0.39, 0.29) is 41.8 Å². The van der Waals surface area contributed by atoms with E-state index in [0.717, 1.165) is 26.1 Å². The molecule has 0 aliphatic carbocycles. The van der Waals surface area contributed by atoms with E-state index >= 15 is 0 Å². The van der Waals surface area contributed by atoms with Gasteiger partial charge in [-0.15, -0.1) is 0 Å². The van der Waals surface area contributed by atoms with Crippen molar-refractivity contribution < 1.29 is 53.7 Å². The molecule has 0 aromatic heterocycles. The molecule has 1 heterocycles. The minimum absolute atomic E-state index is 0. The molecule has 1 aliphatic heterocycles. The van der Waals surface area contributed by atoms with Crippen LogP contribution in [0.3, 0.4) is 0 Å². The average molecular weight is 366 g/mol. The van der Waals surface area contributed by atoms with E-state index in [2.05, 4.69) is 10.3 Å². The smallest absolute Gasteiger partial charge is 0.846 e. The van der Waals surface area contributed by atoms with Crippen LogP contribution in [0.2, 0.25) is 0 Å². The number of nitrogens with zero attached hydrogens (tertiary/aromatic N) is 1. The first-order valence-electron chi connectivity index (χ1n) is 8.64. The van der Waals surface area contributed by atoms with Crippen molar-refractivity contribution >= 4 is 17.8 Å². The van der Waals surface area contributed by atoms with Gasteiger partial charge in [-0.3, -0.25) is 9.59 Å². The number of hydrogen-bond donors (Lipinski definition) is 1. The third-order valence-electron chi connectivity index (χ3n) is 4.13. The van der Waals surface area contributed by atoms with Crippen molar-refractivity contribution in [3.05, 3.63) is 0 Å². The van der Waals surface area contributed by atoms with Crippen molar-refractivity contribution in [2.24, 2.45) is 16.3 Å². The monoisotopic (exact) mass is 366 g/mol. The summed E-state index contributed by atoms with van der Waals surface area (Å²) in [7, 11) is 0.